The molecule has 0 amide bonds. The summed E-state index contributed by atoms with van der Waals surface area (Å²) in [6.07, 6.45) is -0.101. The number of aliphatic carboxylic acids is 1. The number of aromatic nitrogens is 1. The van der Waals surface area contributed by atoms with Crippen LogP contribution in [-0.2, 0) is 10.3 Å². The van der Waals surface area contributed by atoms with Crippen LogP contribution in [0.25, 0.3) is 0 Å². The predicted molar refractivity (Wildman–Crippen MR) is 50.6 cm³/mol. The van der Waals surface area contributed by atoms with Gasteiger partial charge in [0.05, 0.1) is 22.7 Å². The largest absolute Gasteiger partial charge is 0.481 e. The fourth-order valence-corrected chi connectivity index (χ4v) is 1.79. The topological polar surface area (TPSA) is 76.2 Å². The summed E-state index contributed by atoms with van der Waals surface area (Å²) >= 11 is 1.47. The summed E-state index contributed by atoms with van der Waals surface area (Å²) in [5, 5.41) is 11.3. The Morgan fingerprint density at radius 3 is 2.85 bits per heavy atom. The van der Waals surface area contributed by atoms with Crippen LogP contribution in [0.2, 0.25) is 0 Å². The average molecular weight is 200 g/mol. The number of carbonyl (C=O) groups is 1. The molecule has 3 N–H and O–H groups in total. The molecule has 1 aromatic heterocycles. The second kappa shape index (κ2) is 3.43. The highest BCUT2D eigenvalue weighted by atomic mass is 32.1. The SMILES string of the molecule is Cc1nc([C@@](C)(N)CC(=O)O)cs1. The smallest absolute Gasteiger partial charge is 0.305 e. The monoisotopic (exact) mass is 200 g/mol. The number of rotatable bonds is 3. The van der Waals surface area contributed by atoms with Crippen LogP contribution in [0.4, 0.5) is 0 Å². The first-order valence-corrected chi connectivity index (χ1v) is 4.73. The highest BCUT2D eigenvalue weighted by molar-refractivity contribution is 7.09. The van der Waals surface area contributed by atoms with Gasteiger partial charge in [-0.15, -0.1) is 11.3 Å². The molecule has 0 spiro atoms. The fourth-order valence-electron chi connectivity index (χ4n) is 1.03. The van der Waals surface area contributed by atoms with Crippen molar-refractivity contribution in [3.05, 3.63) is 16.1 Å². The van der Waals surface area contributed by atoms with Gasteiger partial charge in [0.1, 0.15) is 0 Å². The van der Waals surface area contributed by atoms with Crippen LogP contribution in [-0.4, -0.2) is 16.1 Å². The normalized spacial score (nSPS) is 15.3. The van der Waals surface area contributed by atoms with Crippen LogP contribution in [0.1, 0.15) is 24.0 Å². The van der Waals surface area contributed by atoms with Crippen molar-refractivity contribution in [2.75, 3.05) is 0 Å². The van der Waals surface area contributed by atoms with E-state index in [9.17, 15) is 4.79 Å². The van der Waals surface area contributed by atoms with Crippen molar-refractivity contribution in [2.45, 2.75) is 25.8 Å². The highest BCUT2D eigenvalue weighted by Gasteiger charge is 2.26. The van der Waals surface area contributed by atoms with Gasteiger partial charge in [-0.25, -0.2) is 4.98 Å². The van der Waals surface area contributed by atoms with E-state index in [1.54, 1.807) is 12.3 Å². The number of aryl methyl sites for hydroxylation is 1. The maximum atomic E-state index is 10.5. The second-order valence-corrected chi connectivity index (χ2v) is 4.30. The molecule has 0 saturated heterocycles. The number of thiazole rings is 1. The van der Waals surface area contributed by atoms with Crippen molar-refractivity contribution in [1.82, 2.24) is 4.98 Å². The summed E-state index contributed by atoms with van der Waals surface area (Å²) in [5.74, 6) is -0.907. The third-order valence-corrected chi connectivity index (χ3v) is 2.50. The number of carboxylic acid groups (broad SMARTS) is 1. The van der Waals surface area contributed by atoms with Gasteiger partial charge >= 0.3 is 5.97 Å². The lowest BCUT2D eigenvalue weighted by Gasteiger charge is -2.19. The summed E-state index contributed by atoms with van der Waals surface area (Å²) in [4.78, 5) is 14.7. The zero-order chi connectivity index (χ0) is 10.1. The van der Waals surface area contributed by atoms with E-state index in [0.717, 1.165) is 5.01 Å². The van der Waals surface area contributed by atoms with Gasteiger partial charge in [-0.1, -0.05) is 0 Å². The molecule has 0 radical (unpaired) electrons. The summed E-state index contributed by atoms with van der Waals surface area (Å²) in [6.45, 7) is 3.54. The lowest BCUT2D eigenvalue weighted by atomic mass is 9.96. The van der Waals surface area contributed by atoms with Gasteiger partial charge in [0.15, 0.2) is 0 Å². The molecule has 72 valence electrons. The molecule has 4 nitrogen and oxygen atoms in total. The standard InChI is InChI=1S/C8H12N2O2S/c1-5-10-6(4-13-5)8(2,9)3-7(11)12/h4H,3,9H2,1-2H3,(H,11,12)/t8-/m0/s1. The third kappa shape index (κ3) is 2.50. The Morgan fingerprint density at radius 2 is 2.46 bits per heavy atom. The Hall–Kier alpha value is -0.940. The molecule has 5 heteroatoms. The first kappa shape index (κ1) is 10.1. The molecule has 0 aliphatic rings. The molecule has 0 aliphatic heterocycles. The number of hydrogen-bond donors (Lipinski definition) is 2. The van der Waals surface area contributed by atoms with Crippen molar-refractivity contribution >= 4 is 17.3 Å². The van der Waals surface area contributed by atoms with E-state index in [-0.39, 0.29) is 6.42 Å². The van der Waals surface area contributed by atoms with Gasteiger partial charge < -0.3 is 10.8 Å². The molecule has 0 bridgehead atoms. The van der Waals surface area contributed by atoms with Crippen molar-refractivity contribution in [3.8, 4) is 0 Å². The number of nitrogens with zero attached hydrogens (tertiary/aromatic N) is 1. The van der Waals surface area contributed by atoms with Crippen LogP contribution in [0.3, 0.4) is 0 Å². The van der Waals surface area contributed by atoms with Crippen molar-refractivity contribution in [3.63, 3.8) is 0 Å². The predicted octanol–water partition coefficient (Wildman–Crippen LogP) is 1.10. The Bertz CT molecular complexity index is 320. The molecule has 1 aromatic rings. The molecular weight excluding hydrogens is 188 g/mol. The van der Waals surface area contributed by atoms with Crippen molar-refractivity contribution < 1.29 is 9.90 Å². The number of carboxylic acids is 1. The molecular formula is C8H12N2O2S. The van der Waals surface area contributed by atoms with Crippen molar-refractivity contribution in [1.29, 1.82) is 0 Å². The molecule has 0 unspecified atom stereocenters. The van der Waals surface area contributed by atoms with E-state index in [2.05, 4.69) is 4.98 Å². The maximum absolute atomic E-state index is 10.5. The zero-order valence-corrected chi connectivity index (χ0v) is 8.39. The van der Waals surface area contributed by atoms with Crippen LogP contribution in [0, 0.1) is 6.92 Å². The average Bonchev–Trinajstić information content (AvgIpc) is 2.32. The Balaban J connectivity index is 2.86. The molecule has 1 heterocycles. The highest BCUT2D eigenvalue weighted by Crippen LogP contribution is 2.22. The fraction of sp³-hybridized carbons (Fsp3) is 0.500. The number of nitrogens with two attached hydrogens (primary N) is 1. The summed E-state index contributed by atoms with van der Waals surface area (Å²) < 4.78 is 0. The van der Waals surface area contributed by atoms with E-state index in [1.165, 1.54) is 11.3 Å². The lowest BCUT2D eigenvalue weighted by Crippen LogP contribution is -2.35. The van der Waals surface area contributed by atoms with E-state index in [1.807, 2.05) is 6.92 Å². The van der Waals surface area contributed by atoms with Gasteiger partial charge in [0, 0.05) is 5.38 Å². The van der Waals surface area contributed by atoms with Crippen LogP contribution < -0.4 is 5.73 Å². The Kier molecular flexibility index (Phi) is 2.68. The van der Waals surface area contributed by atoms with Gasteiger partial charge in [-0.05, 0) is 13.8 Å². The molecule has 1 rings (SSSR count). The van der Waals surface area contributed by atoms with Crippen LogP contribution in [0.15, 0.2) is 5.38 Å². The Morgan fingerprint density at radius 1 is 1.85 bits per heavy atom. The molecule has 0 aromatic carbocycles. The zero-order valence-electron chi connectivity index (χ0n) is 7.57. The number of hydrogen-bond acceptors (Lipinski definition) is 4. The third-order valence-electron chi connectivity index (χ3n) is 1.72. The molecule has 0 aliphatic carbocycles. The van der Waals surface area contributed by atoms with E-state index < -0.39 is 11.5 Å². The molecule has 0 fully saturated rings. The second-order valence-electron chi connectivity index (χ2n) is 3.24. The molecule has 13 heavy (non-hydrogen) atoms. The van der Waals surface area contributed by atoms with Crippen molar-refractivity contribution in [2.24, 2.45) is 5.73 Å². The Labute approximate surface area is 80.4 Å². The van der Waals surface area contributed by atoms with Crippen LogP contribution in [0.5, 0.6) is 0 Å². The molecule has 0 saturated carbocycles. The van der Waals surface area contributed by atoms with E-state index in [0.29, 0.717) is 5.69 Å². The first-order valence-electron chi connectivity index (χ1n) is 3.85. The van der Waals surface area contributed by atoms with Gasteiger partial charge in [-0.3, -0.25) is 4.79 Å². The minimum absolute atomic E-state index is 0.101. The minimum Gasteiger partial charge on any atom is -0.481 e. The quantitative estimate of drug-likeness (QED) is 0.766. The first-order chi connectivity index (χ1) is 5.92. The summed E-state index contributed by atoms with van der Waals surface area (Å²) in [5.41, 5.74) is 5.60. The summed E-state index contributed by atoms with van der Waals surface area (Å²) in [6, 6.07) is 0. The summed E-state index contributed by atoms with van der Waals surface area (Å²) in [7, 11) is 0. The van der Waals surface area contributed by atoms with E-state index in [4.69, 9.17) is 10.8 Å². The molecule has 1 atom stereocenters. The van der Waals surface area contributed by atoms with Gasteiger partial charge in [0.2, 0.25) is 0 Å². The van der Waals surface area contributed by atoms with E-state index >= 15 is 0 Å². The van der Waals surface area contributed by atoms with Crippen LogP contribution >= 0.6 is 11.3 Å². The minimum atomic E-state index is -0.907. The van der Waals surface area contributed by atoms with Gasteiger partial charge in [0.25, 0.3) is 0 Å². The maximum Gasteiger partial charge on any atom is 0.305 e. The van der Waals surface area contributed by atoms with Gasteiger partial charge in [-0.2, -0.15) is 0 Å². The lowest BCUT2D eigenvalue weighted by molar-refractivity contribution is -0.138.